The van der Waals surface area contributed by atoms with Crippen molar-refractivity contribution in [1.29, 1.82) is 0 Å². The van der Waals surface area contributed by atoms with E-state index in [1.54, 1.807) is 23.6 Å². The van der Waals surface area contributed by atoms with E-state index in [0.29, 0.717) is 25.3 Å². The van der Waals surface area contributed by atoms with Gasteiger partial charge in [0.05, 0.1) is 5.41 Å². The fourth-order valence-corrected chi connectivity index (χ4v) is 4.79. The van der Waals surface area contributed by atoms with Gasteiger partial charge in [0.1, 0.15) is 10.8 Å². The Hall–Kier alpha value is -2.84. The second-order valence-electron chi connectivity index (χ2n) is 8.12. The van der Waals surface area contributed by atoms with Gasteiger partial charge in [-0.3, -0.25) is 9.59 Å². The summed E-state index contributed by atoms with van der Waals surface area (Å²) >= 11 is 1.63. The van der Waals surface area contributed by atoms with Crippen LogP contribution in [0.25, 0.3) is 12.2 Å². The lowest BCUT2D eigenvalue weighted by Crippen LogP contribution is -2.62. The highest BCUT2D eigenvalue weighted by Gasteiger charge is 2.47. The largest absolute Gasteiger partial charge is 0.339 e. The predicted octanol–water partition coefficient (Wildman–Crippen LogP) is 2.34. The van der Waals surface area contributed by atoms with Crippen LogP contribution in [0.2, 0.25) is 0 Å². The third-order valence-electron chi connectivity index (χ3n) is 6.07. The molecule has 5 heterocycles. The summed E-state index contributed by atoms with van der Waals surface area (Å²) in [7, 11) is 0. The van der Waals surface area contributed by atoms with Crippen LogP contribution in [0.1, 0.15) is 29.0 Å². The van der Waals surface area contributed by atoms with E-state index in [2.05, 4.69) is 26.7 Å². The molecule has 0 radical (unpaired) electrons. The Morgan fingerprint density at radius 1 is 1.23 bits per heavy atom. The molecule has 3 aliphatic rings. The number of nitrogens with zero attached hydrogens (tertiary/aromatic N) is 3. The third-order valence-corrected chi connectivity index (χ3v) is 6.79. The number of hydrogen-bond donors (Lipinski definition) is 2. The zero-order valence-corrected chi connectivity index (χ0v) is 17.4. The number of anilines is 1. The predicted molar refractivity (Wildman–Crippen MR) is 117 cm³/mol. The van der Waals surface area contributed by atoms with E-state index in [9.17, 15) is 9.59 Å². The summed E-state index contributed by atoms with van der Waals surface area (Å²) in [6, 6.07) is 2.02. The lowest BCUT2D eigenvalue weighted by Gasteiger charge is -2.43. The molecule has 2 aromatic heterocycles. The Balaban J connectivity index is 1.21. The molecule has 2 fully saturated rings. The van der Waals surface area contributed by atoms with Gasteiger partial charge >= 0.3 is 0 Å². The lowest BCUT2D eigenvalue weighted by molar-refractivity contribution is -0.129. The summed E-state index contributed by atoms with van der Waals surface area (Å²) < 4.78 is 0. The number of rotatable bonds is 3. The van der Waals surface area contributed by atoms with Crippen molar-refractivity contribution in [3.05, 3.63) is 51.6 Å². The number of piperidine rings is 1. The van der Waals surface area contributed by atoms with E-state index in [0.717, 1.165) is 42.1 Å². The number of pyridine rings is 1. The maximum atomic E-state index is 12.6. The van der Waals surface area contributed by atoms with Crippen LogP contribution in [0.3, 0.4) is 0 Å². The summed E-state index contributed by atoms with van der Waals surface area (Å²) in [6.07, 6.45) is 11.6. The number of fused-ring (bicyclic) bond motifs is 1. The first-order chi connectivity index (χ1) is 14.6. The van der Waals surface area contributed by atoms with Crippen LogP contribution in [0.4, 0.5) is 5.82 Å². The Labute approximate surface area is 178 Å². The van der Waals surface area contributed by atoms with Gasteiger partial charge in [0.25, 0.3) is 0 Å². The Kier molecular flexibility index (Phi) is 4.96. The lowest BCUT2D eigenvalue weighted by atomic mass is 9.73. The van der Waals surface area contributed by atoms with Crippen LogP contribution in [0, 0.1) is 5.41 Å². The molecule has 5 rings (SSSR count). The van der Waals surface area contributed by atoms with Crippen molar-refractivity contribution in [2.24, 2.45) is 5.41 Å². The van der Waals surface area contributed by atoms with Gasteiger partial charge in [0.2, 0.25) is 11.8 Å². The van der Waals surface area contributed by atoms with Gasteiger partial charge in [-0.1, -0.05) is 5.57 Å². The second kappa shape index (κ2) is 7.77. The van der Waals surface area contributed by atoms with Gasteiger partial charge in [-0.2, -0.15) is 0 Å². The Bertz CT molecular complexity index is 1030. The summed E-state index contributed by atoms with van der Waals surface area (Å²) in [4.78, 5) is 35.5. The third kappa shape index (κ3) is 3.68. The maximum Gasteiger partial charge on any atom is 0.246 e. The molecule has 2 N–H and O–H groups in total. The summed E-state index contributed by atoms with van der Waals surface area (Å²) in [5.74, 6) is 0.707. The summed E-state index contributed by atoms with van der Waals surface area (Å²) in [6.45, 7) is 2.85. The van der Waals surface area contributed by atoms with E-state index < -0.39 is 0 Å². The van der Waals surface area contributed by atoms with Crippen molar-refractivity contribution >= 4 is 41.1 Å². The highest BCUT2D eigenvalue weighted by atomic mass is 32.1. The van der Waals surface area contributed by atoms with E-state index in [1.807, 2.05) is 28.6 Å². The average Bonchev–Trinajstić information content (AvgIpc) is 3.24. The van der Waals surface area contributed by atoms with Gasteiger partial charge in [-0.25, -0.2) is 9.97 Å². The zero-order valence-electron chi connectivity index (χ0n) is 16.6. The number of hydrogen-bond acceptors (Lipinski definition) is 6. The second-order valence-corrected chi connectivity index (χ2v) is 9.05. The number of amides is 2. The number of aromatic nitrogens is 2. The van der Waals surface area contributed by atoms with E-state index >= 15 is 0 Å². The standard InChI is InChI=1S/C22H23N5O2S/c28-19(27-6-3-15(4-7-27)10-18-24-5-8-30-18)2-1-16-9-17-11-22(13-23-14-22)21(29)26-20(17)25-12-16/h1-2,5,8-10,12,23H,3-4,6-7,11,13-14H2,(H,25,26,29)/b2-1+. The molecule has 0 atom stereocenters. The fourth-order valence-electron chi connectivity index (χ4n) is 4.18. The molecule has 3 aliphatic heterocycles. The van der Waals surface area contributed by atoms with Crippen molar-refractivity contribution < 1.29 is 9.59 Å². The smallest absolute Gasteiger partial charge is 0.246 e. The van der Waals surface area contributed by atoms with Crippen molar-refractivity contribution in [1.82, 2.24) is 20.2 Å². The van der Waals surface area contributed by atoms with Gasteiger partial charge in [0.15, 0.2) is 0 Å². The van der Waals surface area contributed by atoms with Gasteiger partial charge < -0.3 is 15.5 Å². The number of nitrogens with one attached hydrogen (secondary N) is 2. The van der Waals surface area contributed by atoms with Crippen LogP contribution in [-0.4, -0.2) is 52.9 Å². The van der Waals surface area contributed by atoms with Crippen LogP contribution in [0.15, 0.2) is 35.5 Å². The molecular formula is C22H23N5O2S. The summed E-state index contributed by atoms with van der Waals surface area (Å²) in [5.41, 5.74) is 2.91. The molecule has 0 bridgehead atoms. The fraction of sp³-hybridized carbons (Fsp3) is 0.364. The van der Waals surface area contributed by atoms with Crippen LogP contribution in [-0.2, 0) is 16.0 Å². The molecule has 0 aliphatic carbocycles. The monoisotopic (exact) mass is 421 g/mol. The first-order valence-corrected chi connectivity index (χ1v) is 11.1. The highest BCUT2D eigenvalue weighted by Crippen LogP contribution is 2.36. The molecule has 8 heteroatoms. The minimum atomic E-state index is -0.343. The molecule has 154 valence electrons. The molecule has 30 heavy (non-hydrogen) atoms. The van der Waals surface area contributed by atoms with Gasteiger partial charge in [0, 0.05) is 50.0 Å². The van der Waals surface area contributed by atoms with Crippen molar-refractivity contribution in [2.45, 2.75) is 19.3 Å². The van der Waals surface area contributed by atoms with Gasteiger partial charge in [-0.05, 0) is 48.6 Å². The number of carbonyl (C=O) groups excluding carboxylic acids is 2. The molecule has 7 nitrogen and oxygen atoms in total. The number of thiazole rings is 1. The number of carbonyl (C=O) groups is 2. The van der Waals surface area contributed by atoms with E-state index in [-0.39, 0.29) is 17.2 Å². The molecule has 1 spiro atoms. The first kappa shape index (κ1) is 19.1. The van der Waals surface area contributed by atoms with Crippen LogP contribution >= 0.6 is 11.3 Å². The topological polar surface area (TPSA) is 87.2 Å². The minimum Gasteiger partial charge on any atom is -0.339 e. The molecule has 0 unspecified atom stereocenters. The zero-order chi connectivity index (χ0) is 20.6. The normalized spacial score (nSPS) is 20.1. The minimum absolute atomic E-state index is 0.0222. The molecule has 0 aromatic carbocycles. The van der Waals surface area contributed by atoms with E-state index in [1.165, 1.54) is 5.57 Å². The molecular weight excluding hydrogens is 398 g/mol. The first-order valence-electron chi connectivity index (χ1n) is 10.2. The Morgan fingerprint density at radius 2 is 2.07 bits per heavy atom. The quantitative estimate of drug-likeness (QED) is 0.743. The molecule has 2 amide bonds. The Morgan fingerprint density at radius 3 is 2.77 bits per heavy atom. The SMILES string of the molecule is O=C(/C=C/c1cnc2c(c1)CC1(CNC1)C(=O)N2)N1CCC(=Cc2nccs2)CC1. The maximum absolute atomic E-state index is 12.6. The number of likely N-dealkylation sites (tertiary alicyclic amines) is 1. The summed E-state index contributed by atoms with van der Waals surface area (Å²) in [5, 5.41) is 9.11. The van der Waals surface area contributed by atoms with Crippen LogP contribution < -0.4 is 10.6 Å². The highest BCUT2D eigenvalue weighted by molar-refractivity contribution is 7.10. The molecule has 2 saturated heterocycles. The van der Waals surface area contributed by atoms with Crippen LogP contribution in [0.5, 0.6) is 0 Å². The molecule has 2 aromatic rings. The van der Waals surface area contributed by atoms with Crippen molar-refractivity contribution in [2.75, 3.05) is 31.5 Å². The van der Waals surface area contributed by atoms with Crippen molar-refractivity contribution in [3.8, 4) is 0 Å². The van der Waals surface area contributed by atoms with Crippen molar-refractivity contribution in [3.63, 3.8) is 0 Å². The average molecular weight is 422 g/mol. The van der Waals surface area contributed by atoms with E-state index in [4.69, 9.17) is 0 Å². The van der Waals surface area contributed by atoms with Gasteiger partial charge in [-0.15, -0.1) is 11.3 Å². The molecule has 0 saturated carbocycles.